The van der Waals surface area contributed by atoms with E-state index in [1.807, 2.05) is 31.5 Å². The van der Waals surface area contributed by atoms with E-state index in [9.17, 15) is 5.26 Å². The minimum Gasteiger partial charge on any atom is -0.347 e. The summed E-state index contributed by atoms with van der Waals surface area (Å²) in [6.45, 7) is 8.26. The highest BCUT2D eigenvalue weighted by Gasteiger charge is 2.32. The molecule has 152 valence electrons. The third kappa shape index (κ3) is 2.83. The van der Waals surface area contributed by atoms with Crippen molar-refractivity contribution in [1.29, 1.82) is 5.26 Å². The molecular weight excluding hydrogens is 374 g/mol. The molecule has 30 heavy (non-hydrogen) atoms. The van der Waals surface area contributed by atoms with Crippen LogP contribution >= 0.6 is 0 Å². The van der Waals surface area contributed by atoms with Crippen molar-refractivity contribution in [2.75, 3.05) is 11.4 Å². The molecule has 4 heterocycles. The fraction of sp³-hybridized carbons (Fsp3) is 0.391. The van der Waals surface area contributed by atoms with Gasteiger partial charge < -0.3 is 9.47 Å². The molecule has 1 fully saturated rings. The van der Waals surface area contributed by atoms with Gasteiger partial charge in [0.1, 0.15) is 18.2 Å². The van der Waals surface area contributed by atoms with Gasteiger partial charge in [-0.2, -0.15) is 5.26 Å². The standard InChI is InChI=1S/C23H25N7/c1-15(2)13-28-14-25-27-23(28)20-9-6-10-29(20)21-11-16(3)17(12-24)22-26-18-7-4-5-8-19(18)30(21)22/h4-5,7-8,11,14-15,20H,6,9-10,13H2,1-3H3. The van der Waals surface area contributed by atoms with E-state index in [0.29, 0.717) is 11.5 Å². The molecule has 0 aliphatic carbocycles. The van der Waals surface area contributed by atoms with Gasteiger partial charge in [-0.05, 0) is 49.4 Å². The van der Waals surface area contributed by atoms with Gasteiger partial charge in [0.15, 0.2) is 11.5 Å². The van der Waals surface area contributed by atoms with E-state index in [4.69, 9.17) is 4.98 Å². The number of pyridine rings is 1. The van der Waals surface area contributed by atoms with Crippen LogP contribution in [0.4, 0.5) is 5.82 Å². The lowest BCUT2D eigenvalue weighted by Gasteiger charge is -2.28. The van der Waals surface area contributed by atoms with Crippen LogP contribution in [0.15, 0.2) is 36.7 Å². The lowest BCUT2D eigenvalue weighted by Crippen LogP contribution is -2.27. The molecule has 1 unspecified atom stereocenters. The van der Waals surface area contributed by atoms with Gasteiger partial charge in [0.25, 0.3) is 0 Å². The first-order chi connectivity index (χ1) is 14.6. The van der Waals surface area contributed by atoms with Gasteiger partial charge in [0.2, 0.25) is 0 Å². The zero-order valence-corrected chi connectivity index (χ0v) is 17.6. The fourth-order valence-electron chi connectivity index (χ4n) is 4.65. The van der Waals surface area contributed by atoms with Crippen molar-refractivity contribution < 1.29 is 0 Å². The van der Waals surface area contributed by atoms with Crippen LogP contribution in [0.1, 0.15) is 49.7 Å². The summed E-state index contributed by atoms with van der Waals surface area (Å²) in [5.74, 6) is 2.61. The second-order valence-corrected chi connectivity index (χ2v) is 8.52. The summed E-state index contributed by atoms with van der Waals surface area (Å²) >= 11 is 0. The maximum atomic E-state index is 9.78. The van der Waals surface area contributed by atoms with Crippen molar-refractivity contribution in [3.63, 3.8) is 0 Å². The molecule has 0 amide bonds. The first-order valence-corrected chi connectivity index (χ1v) is 10.5. The Hall–Kier alpha value is -3.40. The van der Waals surface area contributed by atoms with Crippen molar-refractivity contribution in [2.45, 2.75) is 46.2 Å². The van der Waals surface area contributed by atoms with Crippen LogP contribution in [0, 0.1) is 24.2 Å². The highest BCUT2D eigenvalue weighted by Crippen LogP contribution is 2.38. The number of para-hydroxylation sites is 2. The summed E-state index contributed by atoms with van der Waals surface area (Å²) in [7, 11) is 0. The zero-order valence-electron chi connectivity index (χ0n) is 17.6. The zero-order chi connectivity index (χ0) is 20.8. The predicted octanol–water partition coefficient (Wildman–Crippen LogP) is 4.26. The Morgan fingerprint density at radius 1 is 1.27 bits per heavy atom. The second kappa shape index (κ2) is 7.13. The summed E-state index contributed by atoms with van der Waals surface area (Å²) in [6.07, 6.45) is 3.97. The highest BCUT2D eigenvalue weighted by molar-refractivity contribution is 5.85. The van der Waals surface area contributed by atoms with E-state index < -0.39 is 0 Å². The van der Waals surface area contributed by atoms with Crippen LogP contribution in [-0.2, 0) is 6.54 Å². The topological polar surface area (TPSA) is 75.0 Å². The number of hydrogen-bond acceptors (Lipinski definition) is 5. The molecule has 0 N–H and O–H groups in total. The SMILES string of the molecule is Cc1cc(N2CCCC2c2nncn2CC(C)C)n2c(nc3ccccc32)c1C#N. The number of fused-ring (bicyclic) bond motifs is 3. The van der Waals surface area contributed by atoms with Gasteiger partial charge in [-0.3, -0.25) is 4.40 Å². The molecule has 1 aromatic carbocycles. The summed E-state index contributed by atoms with van der Waals surface area (Å²) in [5, 5.41) is 18.5. The average molecular weight is 400 g/mol. The van der Waals surface area contributed by atoms with Crippen LogP contribution in [0.2, 0.25) is 0 Å². The summed E-state index contributed by atoms with van der Waals surface area (Å²) < 4.78 is 4.33. The number of hydrogen-bond donors (Lipinski definition) is 0. The van der Waals surface area contributed by atoms with Gasteiger partial charge in [0, 0.05) is 13.1 Å². The number of aryl methyl sites for hydroxylation is 1. The molecule has 4 aromatic rings. The Bertz CT molecular complexity index is 1270. The minimum atomic E-state index is 0.156. The molecule has 1 aliphatic heterocycles. The van der Waals surface area contributed by atoms with Crippen LogP contribution in [0.5, 0.6) is 0 Å². The van der Waals surface area contributed by atoms with E-state index in [1.165, 1.54) is 0 Å². The second-order valence-electron chi connectivity index (χ2n) is 8.52. The molecular formula is C23H25N7. The number of imidazole rings is 1. The summed E-state index contributed by atoms with van der Waals surface area (Å²) in [5.41, 5.74) is 4.23. The molecule has 5 rings (SSSR count). The maximum Gasteiger partial charge on any atom is 0.157 e. The Kier molecular flexibility index (Phi) is 4.43. The number of benzene rings is 1. The highest BCUT2D eigenvalue weighted by atomic mass is 15.3. The number of anilines is 1. The van der Waals surface area contributed by atoms with Crippen molar-refractivity contribution >= 4 is 22.5 Å². The predicted molar refractivity (Wildman–Crippen MR) is 116 cm³/mol. The molecule has 7 nitrogen and oxygen atoms in total. The number of rotatable bonds is 4. The number of nitriles is 1. The van der Waals surface area contributed by atoms with Gasteiger partial charge in [-0.1, -0.05) is 26.0 Å². The maximum absolute atomic E-state index is 9.78. The number of nitrogens with zero attached hydrogens (tertiary/aromatic N) is 7. The lowest BCUT2D eigenvalue weighted by molar-refractivity contribution is 0.487. The molecule has 0 saturated carbocycles. The van der Waals surface area contributed by atoms with E-state index in [1.54, 1.807) is 0 Å². The Balaban J connectivity index is 1.71. The molecule has 1 aliphatic rings. The normalized spacial score (nSPS) is 16.8. The van der Waals surface area contributed by atoms with Crippen LogP contribution in [-0.4, -0.2) is 30.7 Å². The minimum absolute atomic E-state index is 0.156. The van der Waals surface area contributed by atoms with Crippen LogP contribution in [0.3, 0.4) is 0 Å². The first-order valence-electron chi connectivity index (χ1n) is 10.5. The molecule has 0 radical (unpaired) electrons. The quantitative estimate of drug-likeness (QED) is 0.513. The van der Waals surface area contributed by atoms with Crippen molar-refractivity contribution in [3.05, 3.63) is 53.6 Å². The Morgan fingerprint density at radius 3 is 2.90 bits per heavy atom. The van der Waals surface area contributed by atoms with Crippen LogP contribution in [0.25, 0.3) is 16.7 Å². The Labute approximate surface area is 175 Å². The largest absolute Gasteiger partial charge is 0.347 e. The third-order valence-electron chi connectivity index (χ3n) is 5.92. The van der Waals surface area contributed by atoms with Crippen molar-refractivity contribution in [2.24, 2.45) is 5.92 Å². The van der Waals surface area contributed by atoms with E-state index in [2.05, 4.69) is 56.1 Å². The van der Waals surface area contributed by atoms with Gasteiger partial charge >= 0.3 is 0 Å². The van der Waals surface area contributed by atoms with Gasteiger partial charge in [-0.25, -0.2) is 4.98 Å². The summed E-state index contributed by atoms with van der Waals surface area (Å²) in [4.78, 5) is 7.22. The third-order valence-corrected chi connectivity index (χ3v) is 5.92. The average Bonchev–Trinajstić information content (AvgIpc) is 3.44. The molecule has 0 bridgehead atoms. The molecule has 1 atom stereocenters. The molecule has 0 spiro atoms. The van der Waals surface area contributed by atoms with Gasteiger partial charge in [-0.15, -0.1) is 10.2 Å². The molecule has 3 aromatic heterocycles. The summed E-state index contributed by atoms with van der Waals surface area (Å²) in [6, 6.07) is 12.7. The van der Waals surface area contributed by atoms with E-state index in [-0.39, 0.29) is 6.04 Å². The smallest absolute Gasteiger partial charge is 0.157 e. The molecule has 1 saturated heterocycles. The van der Waals surface area contributed by atoms with E-state index in [0.717, 1.165) is 59.8 Å². The fourth-order valence-corrected chi connectivity index (χ4v) is 4.65. The molecule has 7 heteroatoms. The van der Waals surface area contributed by atoms with Crippen molar-refractivity contribution in [1.82, 2.24) is 24.1 Å². The van der Waals surface area contributed by atoms with Gasteiger partial charge in [0.05, 0.1) is 22.6 Å². The van der Waals surface area contributed by atoms with E-state index >= 15 is 0 Å². The number of aromatic nitrogens is 5. The Morgan fingerprint density at radius 2 is 2.10 bits per heavy atom. The van der Waals surface area contributed by atoms with Crippen molar-refractivity contribution in [3.8, 4) is 6.07 Å². The van der Waals surface area contributed by atoms with Crippen LogP contribution < -0.4 is 4.90 Å². The lowest BCUT2D eigenvalue weighted by atomic mass is 10.1. The first kappa shape index (κ1) is 18.6. The monoisotopic (exact) mass is 399 g/mol.